The Hall–Kier alpha value is -3.48. The van der Waals surface area contributed by atoms with Gasteiger partial charge in [-0.15, -0.1) is 0 Å². The number of piperidine rings is 1. The molecule has 212 valence electrons. The summed E-state index contributed by atoms with van der Waals surface area (Å²) in [6.45, 7) is 9.46. The van der Waals surface area contributed by atoms with Crippen molar-refractivity contribution in [2.75, 3.05) is 26.0 Å². The van der Waals surface area contributed by atoms with Crippen LogP contribution < -0.4 is 4.74 Å². The number of carbonyl (C=O) groups excluding carboxylic acids is 2. The molecule has 0 N–H and O–H groups in total. The normalized spacial score (nSPS) is 15.7. The van der Waals surface area contributed by atoms with E-state index in [2.05, 4.69) is 76.2 Å². The molecule has 0 aromatic heterocycles. The molecule has 1 fully saturated rings. The Morgan fingerprint density at radius 3 is 1.71 bits per heavy atom. The molecule has 0 unspecified atom stereocenters. The van der Waals surface area contributed by atoms with E-state index >= 15 is 0 Å². The maximum atomic E-state index is 13.7. The summed E-state index contributed by atoms with van der Waals surface area (Å²) in [4.78, 5) is 28.5. The minimum atomic E-state index is -0.00453. The van der Waals surface area contributed by atoms with Crippen LogP contribution in [0.1, 0.15) is 72.1 Å². The van der Waals surface area contributed by atoms with Crippen molar-refractivity contribution in [3.63, 3.8) is 0 Å². The van der Waals surface area contributed by atoms with E-state index in [1.807, 2.05) is 17.1 Å². The molecule has 1 aliphatic heterocycles. The van der Waals surface area contributed by atoms with Crippen molar-refractivity contribution >= 4 is 52.0 Å². The molecule has 0 saturated carbocycles. The van der Waals surface area contributed by atoms with Crippen LogP contribution in [0.25, 0.3) is 12.2 Å². The van der Waals surface area contributed by atoms with E-state index < -0.39 is 0 Å². The van der Waals surface area contributed by atoms with Gasteiger partial charge >= 0.3 is 0 Å². The molecule has 6 heteroatoms. The van der Waals surface area contributed by atoms with Crippen molar-refractivity contribution in [3.05, 3.63) is 112 Å². The summed E-state index contributed by atoms with van der Waals surface area (Å²) in [5.74, 6) is 1.84. The summed E-state index contributed by atoms with van der Waals surface area (Å²) >= 11 is 7.13. The second kappa shape index (κ2) is 13.9. The molecule has 0 aliphatic carbocycles. The van der Waals surface area contributed by atoms with E-state index in [9.17, 15) is 9.59 Å². The number of Topliss-reactive ketones (excluding diaryl/α,β-unsaturated/α-hetero) is 2. The number of likely N-dealkylation sites (tertiary alicyclic amines) is 1. The van der Waals surface area contributed by atoms with Gasteiger partial charge in [-0.05, 0) is 70.5 Å². The SMILES string of the molecule is COc1ccc(C(=O)CSC(=S)N2C/C(=C\c3ccc(C(C)C)cc3)C(=O)/C(=C/c3ccc(C(C)C)cc3)C2)cc1. The van der Waals surface area contributed by atoms with Gasteiger partial charge in [-0.3, -0.25) is 9.59 Å². The van der Waals surface area contributed by atoms with Gasteiger partial charge in [-0.1, -0.05) is 100 Å². The standard InChI is InChI=1S/C35H37NO3S2/c1-23(2)27-10-6-25(7-11-27)18-30-20-36(35(40)41-22-33(37)29-14-16-32(39-5)17-15-29)21-31(34(30)38)19-26-8-12-28(13-9-26)24(3)4/h6-19,23-24H,20-22H2,1-5H3/b30-18+,31-19+. The molecule has 0 radical (unpaired) electrons. The van der Waals surface area contributed by atoms with Gasteiger partial charge in [0.05, 0.1) is 12.9 Å². The van der Waals surface area contributed by atoms with Crippen LogP contribution in [0.3, 0.4) is 0 Å². The largest absolute Gasteiger partial charge is 0.497 e. The van der Waals surface area contributed by atoms with Crippen LogP contribution in [-0.4, -0.2) is 46.7 Å². The monoisotopic (exact) mass is 583 g/mol. The van der Waals surface area contributed by atoms with E-state index in [4.69, 9.17) is 17.0 Å². The van der Waals surface area contributed by atoms with Gasteiger partial charge in [0.15, 0.2) is 11.6 Å². The zero-order chi connectivity index (χ0) is 29.5. The van der Waals surface area contributed by atoms with Gasteiger partial charge in [0.2, 0.25) is 0 Å². The number of hydrogen-bond acceptors (Lipinski definition) is 5. The molecule has 1 heterocycles. The molecule has 1 aliphatic rings. The van der Waals surface area contributed by atoms with E-state index in [0.717, 1.165) is 11.1 Å². The fraction of sp³-hybridized carbons (Fsp3) is 0.286. The number of thioether (sulfide) groups is 1. The molecular formula is C35H37NO3S2. The smallest absolute Gasteiger partial charge is 0.188 e. The third-order valence-electron chi connectivity index (χ3n) is 7.19. The number of rotatable bonds is 8. The van der Waals surface area contributed by atoms with Crippen LogP contribution in [-0.2, 0) is 4.79 Å². The van der Waals surface area contributed by atoms with Crippen LogP contribution in [0.2, 0.25) is 0 Å². The average Bonchev–Trinajstić information content (AvgIpc) is 2.98. The van der Waals surface area contributed by atoms with E-state index in [0.29, 0.717) is 51.7 Å². The second-order valence-corrected chi connectivity index (χ2v) is 12.5. The molecular weight excluding hydrogens is 547 g/mol. The van der Waals surface area contributed by atoms with Crippen LogP contribution >= 0.6 is 24.0 Å². The van der Waals surface area contributed by atoms with Crippen molar-refractivity contribution in [2.45, 2.75) is 39.5 Å². The minimum absolute atomic E-state index is 0.00453. The lowest BCUT2D eigenvalue weighted by molar-refractivity contribution is -0.113. The third-order valence-corrected chi connectivity index (χ3v) is 8.71. The summed E-state index contributed by atoms with van der Waals surface area (Å²) in [5, 5.41) is 0. The first-order chi connectivity index (χ1) is 19.6. The Balaban J connectivity index is 1.57. The molecule has 3 aromatic rings. The van der Waals surface area contributed by atoms with Crippen LogP contribution in [0.15, 0.2) is 83.9 Å². The molecule has 4 nitrogen and oxygen atoms in total. The number of carbonyl (C=O) groups is 2. The predicted octanol–water partition coefficient (Wildman–Crippen LogP) is 8.19. The Kier molecular flexibility index (Phi) is 10.4. The quantitative estimate of drug-likeness (QED) is 0.151. The number of methoxy groups -OCH3 is 1. The fourth-order valence-corrected chi connectivity index (χ4v) is 5.64. The van der Waals surface area contributed by atoms with Crippen molar-refractivity contribution in [2.24, 2.45) is 0 Å². The maximum absolute atomic E-state index is 13.7. The van der Waals surface area contributed by atoms with E-state index in [-0.39, 0.29) is 17.3 Å². The van der Waals surface area contributed by atoms with E-state index in [1.165, 1.54) is 22.9 Å². The van der Waals surface area contributed by atoms with Gasteiger partial charge in [-0.2, -0.15) is 0 Å². The average molecular weight is 584 g/mol. The zero-order valence-electron chi connectivity index (χ0n) is 24.3. The van der Waals surface area contributed by atoms with Crippen LogP contribution in [0.4, 0.5) is 0 Å². The molecule has 4 rings (SSSR count). The molecule has 3 aromatic carbocycles. The number of nitrogens with zero attached hydrogens (tertiary/aromatic N) is 1. The molecule has 0 atom stereocenters. The Morgan fingerprint density at radius 2 is 1.29 bits per heavy atom. The molecule has 0 amide bonds. The van der Waals surface area contributed by atoms with Gasteiger partial charge < -0.3 is 9.64 Å². The van der Waals surface area contributed by atoms with Crippen molar-refractivity contribution in [1.29, 1.82) is 0 Å². The highest BCUT2D eigenvalue weighted by atomic mass is 32.2. The van der Waals surface area contributed by atoms with Crippen LogP contribution in [0, 0.1) is 0 Å². The lowest BCUT2D eigenvalue weighted by atomic mass is 9.93. The van der Waals surface area contributed by atoms with Gasteiger partial charge in [-0.25, -0.2) is 0 Å². The second-order valence-electron chi connectivity index (χ2n) is 10.9. The Labute approximate surface area is 253 Å². The maximum Gasteiger partial charge on any atom is 0.188 e. The zero-order valence-corrected chi connectivity index (χ0v) is 26.0. The number of thiocarbonyl (C=S) groups is 1. The van der Waals surface area contributed by atoms with Crippen molar-refractivity contribution in [3.8, 4) is 5.75 Å². The van der Waals surface area contributed by atoms with Gasteiger partial charge in [0, 0.05) is 29.8 Å². The van der Waals surface area contributed by atoms with Crippen LogP contribution in [0.5, 0.6) is 5.75 Å². The number of ketones is 2. The number of ether oxygens (including phenoxy) is 1. The first kappa shape index (κ1) is 30.5. The highest BCUT2D eigenvalue weighted by Crippen LogP contribution is 2.27. The number of benzene rings is 3. The Bertz CT molecular complexity index is 1380. The fourth-order valence-electron chi connectivity index (χ4n) is 4.60. The molecule has 0 bridgehead atoms. The van der Waals surface area contributed by atoms with Gasteiger partial charge in [0.25, 0.3) is 0 Å². The number of hydrogen-bond donors (Lipinski definition) is 0. The summed E-state index contributed by atoms with van der Waals surface area (Å²) in [6, 6.07) is 23.8. The Morgan fingerprint density at radius 1 is 0.829 bits per heavy atom. The lowest BCUT2D eigenvalue weighted by Gasteiger charge is -2.31. The first-order valence-corrected chi connectivity index (χ1v) is 15.3. The first-order valence-electron chi connectivity index (χ1n) is 13.9. The molecule has 0 spiro atoms. The molecule has 41 heavy (non-hydrogen) atoms. The highest BCUT2D eigenvalue weighted by molar-refractivity contribution is 8.23. The summed E-state index contributed by atoms with van der Waals surface area (Å²) in [6.07, 6.45) is 3.92. The highest BCUT2D eigenvalue weighted by Gasteiger charge is 2.28. The minimum Gasteiger partial charge on any atom is -0.497 e. The summed E-state index contributed by atoms with van der Waals surface area (Å²) < 4.78 is 5.79. The summed E-state index contributed by atoms with van der Waals surface area (Å²) in [5.41, 5.74) is 6.46. The van der Waals surface area contributed by atoms with Crippen molar-refractivity contribution in [1.82, 2.24) is 4.90 Å². The topological polar surface area (TPSA) is 46.6 Å². The van der Waals surface area contributed by atoms with Gasteiger partial charge in [0.1, 0.15) is 10.1 Å². The predicted molar refractivity (Wildman–Crippen MR) is 176 cm³/mol. The van der Waals surface area contributed by atoms with Crippen molar-refractivity contribution < 1.29 is 14.3 Å². The molecule has 1 saturated heterocycles. The third kappa shape index (κ3) is 8.05. The lowest BCUT2D eigenvalue weighted by Crippen LogP contribution is -2.40. The van der Waals surface area contributed by atoms with E-state index in [1.54, 1.807) is 31.4 Å². The summed E-state index contributed by atoms with van der Waals surface area (Å²) in [7, 11) is 1.60.